The molecule has 0 saturated carbocycles. The molecule has 2 aromatic rings. The first-order chi connectivity index (χ1) is 12.1. The molecule has 0 atom stereocenters. The van der Waals surface area contributed by atoms with Gasteiger partial charge >= 0.3 is 0 Å². The standard InChI is InChI=1S/C19H23Cl2NO3/c1-23-8-4-7-22-12-15-10-18(24-2)19(11-17(15)21)25-13-14-5-3-6-16(20)9-14/h3,5-6,9-11,22H,4,7-8,12-13H2,1-2H3. The Balaban J connectivity index is 2.00. The predicted octanol–water partition coefficient (Wildman–Crippen LogP) is 4.71. The van der Waals surface area contributed by atoms with Crippen molar-refractivity contribution in [2.24, 2.45) is 0 Å². The molecule has 2 aromatic carbocycles. The summed E-state index contributed by atoms with van der Waals surface area (Å²) in [6.45, 7) is 2.65. The summed E-state index contributed by atoms with van der Waals surface area (Å²) in [5.41, 5.74) is 1.95. The topological polar surface area (TPSA) is 39.7 Å². The van der Waals surface area contributed by atoms with Crippen LogP contribution in [0.3, 0.4) is 0 Å². The fraction of sp³-hybridized carbons (Fsp3) is 0.368. The minimum Gasteiger partial charge on any atom is -0.493 e. The van der Waals surface area contributed by atoms with Gasteiger partial charge in [-0.25, -0.2) is 0 Å². The van der Waals surface area contributed by atoms with E-state index in [1.54, 1.807) is 20.3 Å². The molecule has 0 amide bonds. The first-order valence-corrected chi connectivity index (χ1v) is 8.83. The van der Waals surface area contributed by atoms with Gasteiger partial charge in [0.2, 0.25) is 0 Å². The third kappa shape index (κ3) is 6.40. The Morgan fingerprint density at radius 2 is 1.88 bits per heavy atom. The van der Waals surface area contributed by atoms with Gasteiger partial charge in [0.15, 0.2) is 11.5 Å². The van der Waals surface area contributed by atoms with Crippen LogP contribution in [0.4, 0.5) is 0 Å². The second-order valence-corrected chi connectivity index (χ2v) is 6.38. The molecule has 0 bridgehead atoms. The van der Waals surface area contributed by atoms with Crippen molar-refractivity contribution in [2.45, 2.75) is 19.6 Å². The predicted molar refractivity (Wildman–Crippen MR) is 102 cm³/mol. The Hall–Kier alpha value is -1.46. The molecular formula is C19H23Cl2NO3. The van der Waals surface area contributed by atoms with Crippen molar-refractivity contribution in [3.8, 4) is 11.5 Å². The van der Waals surface area contributed by atoms with Gasteiger partial charge in [-0.15, -0.1) is 0 Å². The average molecular weight is 384 g/mol. The van der Waals surface area contributed by atoms with Gasteiger partial charge in [0.05, 0.1) is 7.11 Å². The molecule has 4 nitrogen and oxygen atoms in total. The van der Waals surface area contributed by atoms with E-state index in [0.717, 1.165) is 30.7 Å². The van der Waals surface area contributed by atoms with E-state index in [1.165, 1.54) is 0 Å². The van der Waals surface area contributed by atoms with E-state index >= 15 is 0 Å². The molecule has 0 radical (unpaired) electrons. The van der Waals surface area contributed by atoms with E-state index in [9.17, 15) is 0 Å². The van der Waals surface area contributed by atoms with Gasteiger partial charge in [0, 0.05) is 36.4 Å². The van der Waals surface area contributed by atoms with Crippen LogP contribution in [0.5, 0.6) is 11.5 Å². The van der Waals surface area contributed by atoms with Crippen molar-refractivity contribution < 1.29 is 14.2 Å². The van der Waals surface area contributed by atoms with Crippen molar-refractivity contribution >= 4 is 23.2 Å². The van der Waals surface area contributed by atoms with Gasteiger partial charge in [0.25, 0.3) is 0 Å². The Morgan fingerprint density at radius 1 is 1.04 bits per heavy atom. The highest BCUT2D eigenvalue weighted by molar-refractivity contribution is 6.31. The molecule has 25 heavy (non-hydrogen) atoms. The van der Waals surface area contributed by atoms with Crippen LogP contribution < -0.4 is 14.8 Å². The molecule has 2 rings (SSSR count). The third-order valence-corrected chi connectivity index (χ3v) is 4.22. The highest BCUT2D eigenvalue weighted by atomic mass is 35.5. The molecule has 0 fully saturated rings. The number of hydrogen-bond donors (Lipinski definition) is 1. The Kier molecular flexibility index (Phi) is 8.35. The lowest BCUT2D eigenvalue weighted by Crippen LogP contribution is -2.16. The lowest BCUT2D eigenvalue weighted by atomic mass is 10.2. The first kappa shape index (κ1) is 19.9. The maximum atomic E-state index is 6.38. The SMILES string of the molecule is COCCCNCc1cc(OC)c(OCc2cccc(Cl)c2)cc1Cl. The number of halogens is 2. The second-order valence-electron chi connectivity index (χ2n) is 5.54. The zero-order valence-electron chi connectivity index (χ0n) is 14.5. The van der Waals surface area contributed by atoms with E-state index < -0.39 is 0 Å². The lowest BCUT2D eigenvalue weighted by molar-refractivity contribution is 0.194. The number of hydrogen-bond acceptors (Lipinski definition) is 4. The number of methoxy groups -OCH3 is 2. The van der Waals surface area contributed by atoms with Crippen molar-refractivity contribution in [1.82, 2.24) is 5.32 Å². The fourth-order valence-corrected chi connectivity index (χ4v) is 2.77. The van der Waals surface area contributed by atoms with Crippen LogP contribution >= 0.6 is 23.2 Å². The maximum absolute atomic E-state index is 6.38. The fourth-order valence-electron chi connectivity index (χ4n) is 2.34. The molecule has 0 spiro atoms. The second kappa shape index (κ2) is 10.5. The molecule has 6 heteroatoms. The van der Waals surface area contributed by atoms with Crippen LogP contribution in [-0.4, -0.2) is 27.4 Å². The molecule has 0 aromatic heterocycles. The Labute approximate surface area is 159 Å². The molecule has 0 heterocycles. The van der Waals surface area contributed by atoms with Gasteiger partial charge < -0.3 is 19.5 Å². The average Bonchev–Trinajstić information content (AvgIpc) is 2.61. The van der Waals surface area contributed by atoms with Crippen molar-refractivity contribution in [3.05, 3.63) is 57.6 Å². The van der Waals surface area contributed by atoms with Gasteiger partial charge in [-0.05, 0) is 42.3 Å². The largest absolute Gasteiger partial charge is 0.493 e. The Morgan fingerprint density at radius 3 is 2.60 bits per heavy atom. The molecule has 0 aliphatic carbocycles. The molecule has 136 valence electrons. The van der Waals surface area contributed by atoms with Crippen LogP contribution in [0.1, 0.15) is 17.5 Å². The van der Waals surface area contributed by atoms with Gasteiger partial charge in [-0.2, -0.15) is 0 Å². The lowest BCUT2D eigenvalue weighted by Gasteiger charge is -2.14. The summed E-state index contributed by atoms with van der Waals surface area (Å²) < 4.78 is 16.3. The molecular weight excluding hydrogens is 361 g/mol. The van der Waals surface area contributed by atoms with E-state index in [1.807, 2.05) is 30.3 Å². The quantitative estimate of drug-likeness (QED) is 0.603. The summed E-state index contributed by atoms with van der Waals surface area (Å²) in [5, 5.41) is 4.66. The van der Waals surface area contributed by atoms with E-state index in [2.05, 4.69) is 5.32 Å². The zero-order chi connectivity index (χ0) is 18.1. The minimum atomic E-state index is 0.391. The maximum Gasteiger partial charge on any atom is 0.163 e. The van der Waals surface area contributed by atoms with Crippen LogP contribution in [0.2, 0.25) is 10.0 Å². The van der Waals surface area contributed by atoms with Crippen LogP contribution in [0, 0.1) is 0 Å². The van der Waals surface area contributed by atoms with Gasteiger partial charge in [-0.3, -0.25) is 0 Å². The summed E-state index contributed by atoms with van der Waals surface area (Å²) in [5.74, 6) is 1.26. The minimum absolute atomic E-state index is 0.391. The van der Waals surface area contributed by atoms with Crippen LogP contribution in [0.15, 0.2) is 36.4 Å². The van der Waals surface area contributed by atoms with Crippen molar-refractivity contribution in [2.75, 3.05) is 27.4 Å². The number of nitrogens with one attached hydrogen (secondary N) is 1. The van der Waals surface area contributed by atoms with E-state index in [0.29, 0.717) is 34.7 Å². The number of benzene rings is 2. The number of rotatable bonds is 10. The molecule has 0 saturated heterocycles. The summed E-state index contributed by atoms with van der Waals surface area (Å²) in [7, 11) is 3.31. The van der Waals surface area contributed by atoms with E-state index in [4.69, 9.17) is 37.4 Å². The normalized spacial score (nSPS) is 10.7. The summed E-state index contributed by atoms with van der Waals surface area (Å²) in [6, 6.07) is 11.2. The van der Waals surface area contributed by atoms with Crippen LogP contribution in [0.25, 0.3) is 0 Å². The third-order valence-electron chi connectivity index (χ3n) is 3.63. The summed E-state index contributed by atoms with van der Waals surface area (Å²) >= 11 is 12.4. The van der Waals surface area contributed by atoms with E-state index in [-0.39, 0.29) is 0 Å². The highest BCUT2D eigenvalue weighted by Gasteiger charge is 2.11. The summed E-state index contributed by atoms with van der Waals surface area (Å²) in [4.78, 5) is 0. The van der Waals surface area contributed by atoms with Crippen molar-refractivity contribution in [1.29, 1.82) is 0 Å². The number of ether oxygens (including phenoxy) is 3. The first-order valence-electron chi connectivity index (χ1n) is 8.07. The molecule has 0 aliphatic heterocycles. The Bertz CT molecular complexity index is 680. The molecule has 1 N–H and O–H groups in total. The summed E-state index contributed by atoms with van der Waals surface area (Å²) in [6.07, 6.45) is 0.950. The molecule has 0 unspecified atom stereocenters. The zero-order valence-corrected chi connectivity index (χ0v) is 16.0. The van der Waals surface area contributed by atoms with Crippen molar-refractivity contribution in [3.63, 3.8) is 0 Å². The molecule has 0 aliphatic rings. The van der Waals surface area contributed by atoms with Crippen LogP contribution in [-0.2, 0) is 17.9 Å². The van der Waals surface area contributed by atoms with Gasteiger partial charge in [-0.1, -0.05) is 35.3 Å². The smallest absolute Gasteiger partial charge is 0.163 e. The monoisotopic (exact) mass is 383 g/mol. The highest BCUT2D eigenvalue weighted by Crippen LogP contribution is 2.34. The van der Waals surface area contributed by atoms with Gasteiger partial charge in [0.1, 0.15) is 6.61 Å².